The van der Waals surface area contributed by atoms with Gasteiger partial charge in [0.2, 0.25) is 0 Å². The van der Waals surface area contributed by atoms with E-state index in [1.54, 1.807) is 7.11 Å². The van der Waals surface area contributed by atoms with Gasteiger partial charge in [0.25, 0.3) is 0 Å². The monoisotopic (exact) mass is 256 g/mol. The van der Waals surface area contributed by atoms with Crippen LogP contribution in [0.25, 0.3) is 0 Å². The molecule has 3 nitrogen and oxygen atoms in total. The van der Waals surface area contributed by atoms with Crippen LogP contribution in [0.2, 0.25) is 0 Å². The van der Waals surface area contributed by atoms with Crippen LogP contribution >= 0.6 is 0 Å². The maximum atomic E-state index is 11.0. The lowest BCUT2D eigenvalue weighted by atomic mass is 10.1. The number of hydrogen-bond acceptors (Lipinski definition) is 3. The van der Waals surface area contributed by atoms with E-state index in [2.05, 4.69) is 0 Å². The molecule has 0 aromatic heterocycles. The van der Waals surface area contributed by atoms with Crippen molar-refractivity contribution in [2.24, 2.45) is 0 Å². The van der Waals surface area contributed by atoms with E-state index in [4.69, 9.17) is 9.47 Å². The summed E-state index contributed by atoms with van der Waals surface area (Å²) in [5.74, 6) is 1.39. The normalized spacial score (nSPS) is 10.0. The summed E-state index contributed by atoms with van der Waals surface area (Å²) in [6.07, 6.45) is 0.813. The molecule has 0 aliphatic rings. The van der Waals surface area contributed by atoms with Crippen molar-refractivity contribution in [3.05, 3.63) is 59.2 Å². The molecule has 0 saturated heterocycles. The van der Waals surface area contributed by atoms with Gasteiger partial charge in [-0.2, -0.15) is 0 Å². The van der Waals surface area contributed by atoms with Crippen LogP contribution in [0.4, 0.5) is 0 Å². The Bertz CT molecular complexity index is 576. The van der Waals surface area contributed by atoms with Crippen molar-refractivity contribution in [3.8, 4) is 11.5 Å². The molecule has 0 bridgehead atoms. The molecule has 0 aliphatic heterocycles. The molecule has 0 N–H and O–H groups in total. The fourth-order valence-corrected chi connectivity index (χ4v) is 1.81. The van der Waals surface area contributed by atoms with Crippen molar-refractivity contribution in [1.29, 1.82) is 0 Å². The third kappa shape index (κ3) is 3.35. The maximum Gasteiger partial charge on any atom is 0.153 e. The van der Waals surface area contributed by atoms with Crippen LogP contribution in [-0.2, 0) is 6.61 Å². The van der Waals surface area contributed by atoms with E-state index in [0.717, 1.165) is 23.2 Å². The Morgan fingerprint density at radius 2 is 2.00 bits per heavy atom. The quantitative estimate of drug-likeness (QED) is 0.769. The van der Waals surface area contributed by atoms with Crippen molar-refractivity contribution < 1.29 is 14.3 Å². The van der Waals surface area contributed by atoms with E-state index in [1.807, 2.05) is 49.4 Å². The van der Waals surface area contributed by atoms with E-state index in [-0.39, 0.29) is 0 Å². The lowest BCUT2D eigenvalue weighted by molar-refractivity contribution is 0.111. The molecule has 0 radical (unpaired) electrons. The molecule has 0 saturated carbocycles. The standard InChI is InChI=1S/C16H16O3/c1-12-6-7-16(14(8-12)10-17)19-11-13-4-3-5-15(9-13)18-2/h3-10H,11H2,1-2H3. The summed E-state index contributed by atoms with van der Waals surface area (Å²) >= 11 is 0. The van der Waals surface area contributed by atoms with Gasteiger partial charge in [-0.25, -0.2) is 0 Å². The van der Waals surface area contributed by atoms with Crippen LogP contribution < -0.4 is 9.47 Å². The minimum Gasteiger partial charge on any atom is -0.497 e. The molecule has 0 atom stereocenters. The number of carbonyl (C=O) groups excluding carboxylic acids is 1. The fraction of sp³-hybridized carbons (Fsp3) is 0.188. The largest absolute Gasteiger partial charge is 0.497 e. The predicted molar refractivity (Wildman–Crippen MR) is 73.9 cm³/mol. The molecule has 2 rings (SSSR count). The number of aldehydes is 1. The molecular formula is C16H16O3. The number of aryl methyl sites for hydroxylation is 1. The summed E-state index contributed by atoms with van der Waals surface area (Å²) in [5.41, 5.74) is 2.61. The summed E-state index contributed by atoms with van der Waals surface area (Å²) in [6.45, 7) is 2.35. The molecule has 98 valence electrons. The van der Waals surface area contributed by atoms with Gasteiger partial charge in [-0.15, -0.1) is 0 Å². The summed E-state index contributed by atoms with van der Waals surface area (Å²) in [4.78, 5) is 11.0. The Hall–Kier alpha value is -2.29. The van der Waals surface area contributed by atoms with E-state index in [1.165, 1.54) is 0 Å². The Morgan fingerprint density at radius 3 is 2.74 bits per heavy atom. The third-order valence-electron chi connectivity index (χ3n) is 2.82. The van der Waals surface area contributed by atoms with Crippen molar-refractivity contribution >= 4 is 6.29 Å². The zero-order valence-electron chi connectivity index (χ0n) is 11.1. The van der Waals surface area contributed by atoms with Gasteiger partial charge in [-0.1, -0.05) is 23.8 Å². The molecule has 0 amide bonds. The predicted octanol–water partition coefficient (Wildman–Crippen LogP) is 3.40. The molecule has 0 spiro atoms. The van der Waals surface area contributed by atoms with Gasteiger partial charge < -0.3 is 9.47 Å². The third-order valence-corrected chi connectivity index (χ3v) is 2.82. The highest BCUT2D eigenvalue weighted by molar-refractivity contribution is 5.79. The number of methoxy groups -OCH3 is 1. The Morgan fingerprint density at radius 1 is 1.16 bits per heavy atom. The fourth-order valence-electron chi connectivity index (χ4n) is 1.81. The van der Waals surface area contributed by atoms with Crippen LogP contribution in [0.15, 0.2) is 42.5 Å². The van der Waals surface area contributed by atoms with Crippen molar-refractivity contribution in [1.82, 2.24) is 0 Å². The van der Waals surface area contributed by atoms with Gasteiger partial charge in [-0.3, -0.25) is 4.79 Å². The van der Waals surface area contributed by atoms with Gasteiger partial charge in [0.05, 0.1) is 12.7 Å². The van der Waals surface area contributed by atoms with Crippen molar-refractivity contribution in [2.75, 3.05) is 7.11 Å². The highest BCUT2D eigenvalue weighted by Gasteiger charge is 2.04. The second-order valence-electron chi connectivity index (χ2n) is 4.30. The average Bonchev–Trinajstić information content (AvgIpc) is 2.46. The van der Waals surface area contributed by atoms with Crippen molar-refractivity contribution in [3.63, 3.8) is 0 Å². The second-order valence-corrected chi connectivity index (χ2v) is 4.30. The molecule has 19 heavy (non-hydrogen) atoms. The van der Waals surface area contributed by atoms with E-state index < -0.39 is 0 Å². The molecule has 0 heterocycles. The molecule has 0 aliphatic carbocycles. The number of ether oxygens (including phenoxy) is 2. The molecule has 3 heteroatoms. The minimum atomic E-state index is 0.404. The molecule has 0 unspecified atom stereocenters. The van der Waals surface area contributed by atoms with Crippen molar-refractivity contribution in [2.45, 2.75) is 13.5 Å². The number of rotatable bonds is 5. The average molecular weight is 256 g/mol. The lowest BCUT2D eigenvalue weighted by Crippen LogP contribution is -1.99. The molecule has 0 fully saturated rings. The van der Waals surface area contributed by atoms with Crippen LogP contribution in [0, 0.1) is 6.92 Å². The maximum absolute atomic E-state index is 11.0. The smallest absolute Gasteiger partial charge is 0.153 e. The number of hydrogen-bond donors (Lipinski definition) is 0. The molecule has 2 aromatic carbocycles. The zero-order valence-corrected chi connectivity index (χ0v) is 11.1. The van der Waals surface area contributed by atoms with Crippen LogP contribution in [0.1, 0.15) is 21.5 Å². The molecular weight excluding hydrogens is 240 g/mol. The topological polar surface area (TPSA) is 35.5 Å². The van der Waals surface area contributed by atoms with Crippen LogP contribution in [0.3, 0.4) is 0 Å². The van der Waals surface area contributed by atoms with Gasteiger partial charge in [0.15, 0.2) is 6.29 Å². The first-order chi connectivity index (χ1) is 9.22. The van der Waals surface area contributed by atoms with E-state index >= 15 is 0 Å². The number of benzene rings is 2. The Labute approximate surface area is 112 Å². The highest BCUT2D eigenvalue weighted by atomic mass is 16.5. The first kappa shape index (κ1) is 13.1. The van der Waals surface area contributed by atoms with Gasteiger partial charge in [0.1, 0.15) is 18.1 Å². The molecule has 2 aromatic rings. The zero-order chi connectivity index (χ0) is 13.7. The summed E-state index contributed by atoms with van der Waals surface area (Å²) < 4.78 is 10.8. The Kier molecular flexibility index (Phi) is 4.18. The van der Waals surface area contributed by atoms with E-state index in [0.29, 0.717) is 17.9 Å². The van der Waals surface area contributed by atoms with Gasteiger partial charge in [-0.05, 0) is 36.8 Å². The highest BCUT2D eigenvalue weighted by Crippen LogP contribution is 2.20. The van der Waals surface area contributed by atoms with Crippen LogP contribution in [-0.4, -0.2) is 13.4 Å². The number of carbonyl (C=O) groups is 1. The first-order valence-electron chi connectivity index (χ1n) is 6.04. The van der Waals surface area contributed by atoms with Crippen LogP contribution in [0.5, 0.6) is 11.5 Å². The summed E-state index contributed by atoms with van der Waals surface area (Å²) in [7, 11) is 1.63. The summed E-state index contributed by atoms with van der Waals surface area (Å²) in [6, 6.07) is 13.2. The van der Waals surface area contributed by atoms with E-state index in [9.17, 15) is 4.79 Å². The summed E-state index contributed by atoms with van der Waals surface area (Å²) in [5, 5.41) is 0. The lowest BCUT2D eigenvalue weighted by Gasteiger charge is -2.10. The second kappa shape index (κ2) is 6.05. The Balaban J connectivity index is 2.11. The minimum absolute atomic E-state index is 0.404. The van der Waals surface area contributed by atoms with Gasteiger partial charge in [0, 0.05) is 0 Å². The SMILES string of the molecule is COc1cccc(COc2ccc(C)cc2C=O)c1. The first-order valence-corrected chi connectivity index (χ1v) is 6.04. The van der Waals surface area contributed by atoms with Gasteiger partial charge >= 0.3 is 0 Å².